The molecule has 1 aromatic heterocycles. The van der Waals surface area contributed by atoms with Crippen molar-refractivity contribution in [1.29, 1.82) is 0 Å². The zero-order valence-corrected chi connectivity index (χ0v) is 19.0. The molecule has 0 saturated heterocycles. The van der Waals surface area contributed by atoms with Crippen LogP contribution in [0.5, 0.6) is 0 Å². The Balaban J connectivity index is 1.74. The third kappa shape index (κ3) is 4.62. The molecule has 0 aliphatic carbocycles. The molecule has 1 N–H and O–H groups in total. The fraction of sp³-hybridized carbons (Fsp3) is 0.217. The molecule has 0 bridgehead atoms. The van der Waals surface area contributed by atoms with Crippen molar-refractivity contribution in [2.24, 2.45) is 5.10 Å². The van der Waals surface area contributed by atoms with Crippen LogP contribution in [0.15, 0.2) is 58.1 Å². The maximum Gasteiger partial charge on any atom is 0.303 e. The van der Waals surface area contributed by atoms with Crippen LogP contribution in [-0.4, -0.2) is 32.7 Å². The number of hydrazone groups is 1. The van der Waals surface area contributed by atoms with Gasteiger partial charge in [0.25, 0.3) is 0 Å². The van der Waals surface area contributed by atoms with Gasteiger partial charge in [-0.15, -0.1) is 0 Å². The Morgan fingerprint density at radius 2 is 1.90 bits per heavy atom. The van der Waals surface area contributed by atoms with E-state index in [-0.39, 0.29) is 18.7 Å². The van der Waals surface area contributed by atoms with Crippen molar-refractivity contribution in [3.05, 3.63) is 74.8 Å². The highest BCUT2D eigenvalue weighted by Gasteiger charge is 2.34. The van der Waals surface area contributed by atoms with Crippen molar-refractivity contribution in [3.63, 3.8) is 0 Å². The number of carbonyl (C=O) groups excluding carboxylic acids is 1. The van der Waals surface area contributed by atoms with E-state index in [1.54, 1.807) is 0 Å². The minimum atomic E-state index is -1.03. The Labute approximate surface area is 192 Å². The predicted molar refractivity (Wildman–Crippen MR) is 123 cm³/mol. The van der Waals surface area contributed by atoms with Crippen molar-refractivity contribution in [3.8, 4) is 0 Å². The van der Waals surface area contributed by atoms with E-state index in [0.717, 1.165) is 32.2 Å². The predicted octanol–water partition coefficient (Wildman–Crippen LogP) is 5.50. The first-order chi connectivity index (χ1) is 14.8. The van der Waals surface area contributed by atoms with Crippen molar-refractivity contribution in [2.75, 3.05) is 0 Å². The maximum atomic E-state index is 12.9. The van der Waals surface area contributed by atoms with Crippen LogP contribution in [0, 0.1) is 6.92 Å². The standard InChI is InChI=1S/C23H19BrClN3O3/c1-13-2-3-15-11-17(23(25)26-18(15)10-13)20-12-19(14-4-6-16(24)7-5-14)27-28(20)21(29)8-9-22(30)31/h2-7,10-11,20H,8-9,12H2,1H3,(H,30,31)/t20-/m1/s1. The van der Waals surface area contributed by atoms with Crippen molar-refractivity contribution >= 4 is 56.0 Å². The number of aromatic nitrogens is 1. The van der Waals surface area contributed by atoms with Crippen LogP contribution in [0.1, 0.15) is 42.0 Å². The number of carboxylic acids is 1. The molecule has 0 fully saturated rings. The van der Waals surface area contributed by atoms with Gasteiger partial charge in [-0.2, -0.15) is 5.10 Å². The summed E-state index contributed by atoms with van der Waals surface area (Å²) in [6.07, 6.45) is 0.0636. The minimum absolute atomic E-state index is 0.138. The molecule has 1 atom stereocenters. The van der Waals surface area contributed by atoms with Crippen LogP contribution in [0.3, 0.4) is 0 Å². The molecule has 158 valence electrons. The van der Waals surface area contributed by atoms with E-state index < -0.39 is 12.0 Å². The molecule has 0 saturated carbocycles. The van der Waals surface area contributed by atoms with Crippen LogP contribution in [0.4, 0.5) is 0 Å². The molecule has 6 nitrogen and oxygen atoms in total. The van der Waals surface area contributed by atoms with Crippen molar-refractivity contribution in [1.82, 2.24) is 9.99 Å². The number of nitrogens with zero attached hydrogens (tertiary/aromatic N) is 3. The molecule has 1 aliphatic heterocycles. The van der Waals surface area contributed by atoms with Gasteiger partial charge in [-0.25, -0.2) is 9.99 Å². The van der Waals surface area contributed by atoms with Crippen LogP contribution in [-0.2, 0) is 9.59 Å². The van der Waals surface area contributed by atoms with Gasteiger partial charge in [0.05, 0.1) is 23.7 Å². The number of aryl methyl sites for hydroxylation is 1. The highest BCUT2D eigenvalue weighted by Crippen LogP contribution is 2.37. The zero-order chi connectivity index (χ0) is 22.1. The van der Waals surface area contributed by atoms with E-state index in [2.05, 4.69) is 26.0 Å². The van der Waals surface area contributed by atoms with Crippen molar-refractivity contribution < 1.29 is 14.7 Å². The normalized spacial score (nSPS) is 15.9. The summed E-state index contributed by atoms with van der Waals surface area (Å²) in [5, 5.41) is 16.1. The highest BCUT2D eigenvalue weighted by molar-refractivity contribution is 9.10. The second kappa shape index (κ2) is 8.77. The molecule has 2 heterocycles. The number of hydrogen-bond donors (Lipinski definition) is 1. The molecule has 0 spiro atoms. The van der Waals surface area contributed by atoms with Crippen LogP contribution in [0.25, 0.3) is 10.9 Å². The number of carboxylic acid groups (broad SMARTS) is 1. The molecule has 4 rings (SSSR count). The summed E-state index contributed by atoms with van der Waals surface area (Å²) in [5.74, 6) is -1.39. The average molecular weight is 501 g/mol. The van der Waals surface area contributed by atoms with E-state index in [4.69, 9.17) is 16.7 Å². The lowest BCUT2D eigenvalue weighted by Crippen LogP contribution is -2.27. The van der Waals surface area contributed by atoms with Gasteiger partial charge < -0.3 is 5.11 Å². The average Bonchev–Trinajstić information content (AvgIpc) is 3.17. The molecule has 0 radical (unpaired) electrons. The van der Waals surface area contributed by atoms with E-state index in [1.807, 2.05) is 55.5 Å². The topological polar surface area (TPSA) is 82.9 Å². The Hall–Kier alpha value is -2.77. The van der Waals surface area contributed by atoms with Gasteiger partial charge in [0.2, 0.25) is 5.91 Å². The molecular weight excluding hydrogens is 482 g/mol. The largest absolute Gasteiger partial charge is 0.481 e. The number of halogens is 2. The summed E-state index contributed by atoms with van der Waals surface area (Å²) in [6.45, 7) is 1.99. The lowest BCUT2D eigenvalue weighted by atomic mass is 9.98. The van der Waals surface area contributed by atoms with E-state index >= 15 is 0 Å². The van der Waals surface area contributed by atoms with Crippen molar-refractivity contribution in [2.45, 2.75) is 32.2 Å². The van der Waals surface area contributed by atoms with E-state index in [1.165, 1.54) is 5.01 Å². The summed E-state index contributed by atoms with van der Waals surface area (Å²) in [5.41, 5.74) is 4.18. The van der Waals surface area contributed by atoms with Crippen LogP contribution >= 0.6 is 27.5 Å². The zero-order valence-electron chi connectivity index (χ0n) is 16.7. The maximum absolute atomic E-state index is 12.9. The van der Waals surface area contributed by atoms with Gasteiger partial charge in [0.1, 0.15) is 5.15 Å². The minimum Gasteiger partial charge on any atom is -0.481 e. The number of fused-ring (bicyclic) bond motifs is 1. The summed E-state index contributed by atoms with van der Waals surface area (Å²) >= 11 is 9.97. The monoisotopic (exact) mass is 499 g/mol. The second-order valence-electron chi connectivity index (χ2n) is 7.47. The SMILES string of the molecule is Cc1ccc2cc([C@H]3CC(c4ccc(Br)cc4)=NN3C(=O)CCC(=O)O)c(Cl)nc2c1. The van der Waals surface area contributed by atoms with Gasteiger partial charge in [0, 0.05) is 28.3 Å². The summed E-state index contributed by atoms with van der Waals surface area (Å²) in [6, 6.07) is 15.1. The van der Waals surface area contributed by atoms with Gasteiger partial charge in [-0.3, -0.25) is 9.59 Å². The van der Waals surface area contributed by atoms with E-state index in [0.29, 0.717) is 17.1 Å². The van der Waals surface area contributed by atoms with Gasteiger partial charge in [0.15, 0.2) is 0 Å². The number of hydrogen-bond acceptors (Lipinski definition) is 4. The molecule has 3 aromatic rings. The van der Waals surface area contributed by atoms with Crippen LogP contribution < -0.4 is 0 Å². The first kappa shape index (κ1) is 21.5. The molecule has 8 heteroatoms. The number of aliphatic carboxylic acids is 1. The van der Waals surface area contributed by atoms with Gasteiger partial charge >= 0.3 is 5.97 Å². The lowest BCUT2D eigenvalue weighted by molar-refractivity contribution is -0.141. The first-order valence-corrected chi connectivity index (χ1v) is 10.9. The molecule has 31 heavy (non-hydrogen) atoms. The Morgan fingerprint density at radius 1 is 1.16 bits per heavy atom. The highest BCUT2D eigenvalue weighted by atomic mass is 79.9. The van der Waals surface area contributed by atoms with Gasteiger partial charge in [-0.1, -0.05) is 51.8 Å². The molecule has 1 aliphatic rings. The molecule has 1 amide bonds. The smallest absolute Gasteiger partial charge is 0.303 e. The second-order valence-corrected chi connectivity index (χ2v) is 8.74. The fourth-order valence-corrected chi connectivity index (χ4v) is 4.17. The Morgan fingerprint density at radius 3 is 2.61 bits per heavy atom. The number of carbonyl (C=O) groups is 2. The Kier molecular flexibility index (Phi) is 6.07. The number of benzene rings is 2. The van der Waals surface area contributed by atoms with Crippen LogP contribution in [0.2, 0.25) is 5.15 Å². The Bertz CT molecular complexity index is 1210. The number of amides is 1. The van der Waals surface area contributed by atoms with Gasteiger partial charge in [-0.05, 0) is 42.3 Å². The molecule has 0 unspecified atom stereocenters. The first-order valence-electron chi connectivity index (χ1n) is 9.76. The lowest BCUT2D eigenvalue weighted by Gasteiger charge is -2.23. The summed E-state index contributed by atoms with van der Waals surface area (Å²) < 4.78 is 0.942. The fourth-order valence-electron chi connectivity index (χ4n) is 3.63. The number of rotatable bonds is 5. The molecular formula is C23H19BrClN3O3. The third-order valence-corrected chi connectivity index (χ3v) is 6.04. The van der Waals surface area contributed by atoms with E-state index in [9.17, 15) is 9.59 Å². The quantitative estimate of drug-likeness (QED) is 0.469. The number of pyridine rings is 1. The third-order valence-electron chi connectivity index (χ3n) is 5.21. The summed E-state index contributed by atoms with van der Waals surface area (Å²) in [4.78, 5) is 28.4. The molecule has 2 aromatic carbocycles. The summed E-state index contributed by atoms with van der Waals surface area (Å²) in [7, 11) is 0.